The van der Waals surface area contributed by atoms with Crippen LogP contribution in [0.15, 0.2) is 0 Å². The quantitative estimate of drug-likeness (QED) is 0.732. The Balaban J connectivity index is 2.52. The highest BCUT2D eigenvalue weighted by atomic mass is 19.4. The second kappa shape index (κ2) is 7.65. The van der Waals surface area contributed by atoms with Crippen molar-refractivity contribution in [2.45, 2.75) is 32.9 Å². The van der Waals surface area contributed by atoms with Gasteiger partial charge in [-0.25, -0.2) is 0 Å². The number of hydrogen-bond acceptors (Lipinski definition) is 3. The molecule has 0 aromatic carbocycles. The van der Waals surface area contributed by atoms with Crippen LogP contribution in [0.3, 0.4) is 0 Å². The second-order valence-corrected chi connectivity index (χ2v) is 6.20. The first-order chi connectivity index (χ1) is 10.5. The van der Waals surface area contributed by atoms with Crippen molar-refractivity contribution in [2.24, 2.45) is 17.8 Å². The third-order valence-corrected chi connectivity index (χ3v) is 3.58. The fourth-order valence-electron chi connectivity index (χ4n) is 2.53. The van der Waals surface area contributed by atoms with Crippen LogP contribution in [-0.2, 0) is 14.4 Å². The van der Waals surface area contributed by atoms with Gasteiger partial charge in [-0.2, -0.15) is 13.2 Å². The standard InChI is InChI=1S/C14H21F3N2O4/c1-8(2)3-9(13(22)23)5-18-12(21)10-4-11(20)19(6-10)7-14(15,16)17/h8-10H,3-7H2,1-2H3,(H,18,21)(H,22,23). The van der Waals surface area contributed by atoms with Crippen molar-refractivity contribution in [3.05, 3.63) is 0 Å². The van der Waals surface area contributed by atoms with Crippen molar-refractivity contribution < 1.29 is 32.7 Å². The average molecular weight is 338 g/mol. The van der Waals surface area contributed by atoms with Crippen LogP contribution >= 0.6 is 0 Å². The van der Waals surface area contributed by atoms with E-state index in [4.69, 9.17) is 5.11 Å². The average Bonchev–Trinajstić information content (AvgIpc) is 2.73. The number of carboxylic acids is 1. The lowest BCUT2D eigenvalue weighted by Crippen LogP contribution is -2.39. The topological polar surface area (TPSA) is 86.7 Å². The van der Waals surface area contributed by atoms with Crippen molar-refractivity contribution in [3.63, 3.8) is 0 Å². The Morgan fingerprint density at radius 2 is 2.00 bits per heavy atom. The fraction of sp³-hybridized carbons (Fsp3) is 0.786. The minimum absolute atomic E-state index is 0.101. The van der Waals surface area contributed by atoms with E-state index >= 15 is 0 Å². The molecule has 0 aromatic rings. The monoisotopic (exact) mass is 338 g/mol. The number of nitrogens with zero attached hydrogens (tertiary/aromatic N) is 1. The number of aliphatic carboxylic acids is 1. The lowest BCUT2D eigenvalue weighted by Gasteiger charge is -2.19. The van der Waals surface area contributed by atoms with E-state index < -0.39 is 42.3 Å². The Bertz CT molecular complexity index is 465. The van der Waals surface area contributed by atoms with Crippen molar-refractivity contribution in [2.75, 3.05) is 19.6 Å². The smallest absolute Gasteiger partial charge is 0.406 e. The van der Waals surface area contributed by atoms with Gasteiger partial charge in [-0.1, -0.05) is 13.8 Å². The molecule has 2 N–H and O–H groups in total. The predicted molar refractivity (Wildman–Crippen MR) is 74.3 cm³/mol. The molecule has 1 aliphatic heterocycles. The number of halogens is 3. The first-order valence-electron chi connectivity index (χ1n) is 7.34. The molecule has 1 fully saturated rings. The molecule has 132 valence electrons. The summed E-state index contributed by atoms with van der Waals surface area (Å²) in [7, 11) is 0. The van der Waals surface area contributed by atoms with Crippen LogP contribution in [-0.4, -0.2) is 53.6 Å². The first kappa shape index (κ1) is 19.2. The number of hydrogen-bond donors (Lipinski definition) is 2. The van der Waals surface area contributed by atoms with E-state index in [1.54, 1.807) is 0 Å². The van der Waals surface area contributed by atoms with Crippen LogP contribution in [0.4, 0.5) is 13.2 Å². The summed E-state index contributed by atoms with van der Waals surface area (Å²) in [6.45, 7) is 1.92. The van der Waals surface area contributed by atoms with E-state index in [-0.39, 0.29) is 25.4 Å². The summed E-state index contributed by atoms with van der Waals surface area (Å²) in [5.41, 5.74) is 0. The maximum atomic E-state index is 12.3. The molecule has 0 aromatic heterocycles. The summed E-state index contributed by atoms with van der Waals surface area (Å²) in [5.74, 6) is -3.86. The lowest BCUT2D eigenvalue weighted by molar-refractivity contribution is -0.157. The zero-order valence-corrected chi connectivity index (χ0v) is 13.0. The van der Waals surface area contributed by atoms with Gasteiger partial charge in [-0.15, -0.1) is 0 Å². The van der Waals surface area contributed by atoms with Crippen LogP contribution in [0.1, 0.15) is 26.7 Å². The van der Waals surface area contributed by atoms with E-state index in [0.29, 0.717) is 11.3 Å². The Hall–Kier alpha value is -1.80. The van der Waals surface area contributed by atoms with Gasteiger partial charge in [0.05, 0.1) is 11.8 Å². The van der Waals surface area contributed by atoms with Gasteiger partial charge in [-0.3, -0.25) is 14.4 Å². The van der Waals surface area contributed by atoms with Crippen molar-refractivity contribution >= 4 is 17.8 Å². The highest BCUT2D eigenvalue weighted by Crippen LogP contribution is 2.24. The summed E-state index contributed by atoms with van der Waals surface area (Å²) < 4.78 is 36.9. The van der Waals surface area contributed by atoms with E-state index in [9.17, 15) is 27.6 Å². The molecule has 0 spiro atoms. The molecule has 1 heterocycles. The van der Waals surface area contributed by atoms with Crippen LogP contribution in [0.25, 0.3) is 0 Å². The van der Waals surface area contributed by atoms with Crippen LogP contribution in [0.2, 0.25) is 0 Å². The zero-order valence-electron chi connectivity index (χ0n) is 13.0. The Kier molecular flexibility index (Phi) is 6.40. The highest BCUT2D eigenvalue weighted by molar-refractivity contribution is 5.89. The highest BCUT2D eigenvalue weighted by Gasteiger charge is 2.40. The van der Waals surface area contributed by atoms with E-state index in [1.807, 2.05) is 13.8 Å². The maximum Gasteiger partial charge on any atom is 0.406 e. The molecule has 0 radical (unpaired) electrons. The molecule has 2 atom stereocenters. The third kappa shape index (κ3) is 6.45. The van der Waals surface area contributed by atoms with Gasteiger partial charge in [0.15, 0.2) is 0 Å². The maximum absolute atomic E-state index is 12.3. The molecule has 0 bridgehead atoms. The fourth-order valence-corrected chi connectivity index (χ4v) is 2.53. The summed E-state index contributed by atoms with van der Waals surface area (Å²) in [5, 5.41) is 11.5. The molecule has 6 nitrogen and oxygen atoms in total. The normalized spacial score (nSPS) is 20.0. The van der Waals surface area contributed by atoms with Gasteiger partial charge in [-0.05, 0) is 12.3 Å². The molecule has 23 heavy (non-hydrogen) atoms. The number of carbonyl (C=O) groups excluding carboxylic acids is 2. The Labute approximate surface area is 132 Å². The van der Waals surface area contributed by atoms with E-state index in [2.05, 4.69) is 5.32 Å². The zero-order chi connectivity index (χ0) is 17.8. The van der Waals surface area contributed by atoms with E-state index in [0.717, 1.165) is 0 Å². The first-order valence-corrected chi connectivity index (χ1v) is 7.34. The van der Waals surface area contributed by atoms with Gasteiger partial charge in [0.2, 0.25) is 11.8 Å². The van der Waals surface area contributed by atoms with Gasteiger partial charge < -0.3 is 15.3 Å². The molecule has 1 rings (SSSR count). The molecule has 9 heteroatoms. The van der Waals surface area contributed by atoms with Crippen LogP contribution in [0, 0.1) is 17.8 Å². The number of rotatable bonds is 7. The number of likely N-dealkylation sites (tertiary alicyclic amines) is 1. The Morgan fingerprint density at radius 3 is 2.48 bits per heavy atom. The lowest BCUT2D eigenvalue weighted by atomic mass is 9.97. The molecule has 2 amide bonds. The summed E-state index contributed by atoms with van der Waals surface area (Å²) in [4.78, 5) is 35.2. The number of carbonyl (C=O) groups is 3. The molecule has 0 aliphatic carbocycles. The van der Waals surface area contributed by atoms with Crippen LogP contribution < -0.4 is 5.32 Å². The number of carboxylic acid groups (broad SMARTS) is 1. The van der Waals surface area contributed by atoms with Crippen molar-refractivity contribution in [1.29, 1.82) is 0 Å². The minimum Gasteiger partial charge on any atom is -0.481 e. The molecule has 2 unspecified atom stereocenters. The van der Waals surface area contributed by atoms with E-state index in [1.165, 1.54) is 0 Å². The summed E-state index contributed by atoms with van der Waals surface area (Å²) in [6.07, 6.45) is -4.42. The van der Waals surface area contributed by atoms with Gasteiger partial charge in [0.1, 0.15) is 6.54 Å². The molecule has 1 saturated heterocycles. The molecular weight excluding hydrogens is 317 g/mol. The van der Waals surface area contributed by atoms with Crippen molar-refractivity contribution in [3.8, 4) is 0 Å². The number of alkyl halides is 3. The Morgan fingerprint density at radius 1 is 1.39 bits per heavy atom. The molecule has 0 saturated carbocycles. The molecule has 1 aliphatic rings. The largest absolute Gasteiger partial charge is 0.481 e. The number of amides is 2. The minimum atomic E-state index is -4.51. The van der Waals surface area contributed by atoms with Gasteiger partial charge in [0, 0.05) is 19.5 Å². The third-order valence-electron chi connectivity index (χ3n) is 3.58. The predicted octanol–water partition coefficient (Wildman–Crippen LogP) is 1.26. The summed E-state index contributed by atoms with van der Waals surface area (Å²) >= 11 is 0. The van der Waals surface area contributed by atoms with Gasteiger partial charge >= 0.3 is 12.1 Å². The van der Waals surface area contributed by atoms with Gasteiger partial charge in [0.25, 0.3) is 0 Å². The number of nitrogens with one attached hydrogen (secondary N) is 1. The van der Waals surface area contributed by atoms with Crippen LogP contribution in [0.5, 0.6) is 0 Å². The van der Waals surface area contributed by atoms with Crippen molar-refractivity contribution in [1.82, 2.24) is 10.2 Å². The summed E-state index contributed by atoms with van der Waals surface area (Å²) in [6, 6.07) is 0. The second-order valence-electron chi connectivity index (χ2n) is 6.20. The SMILES string of the molecule is CC(C)CC(CNC(=O)C1CC(=O)N(CC(F)(F)F)C1)C(=O)O. The molecular formula is C14H21F3N2O4.